The van der Waals surface area contributed by atoms with Crippen molar-refractivity contribution in [2.75, 3.05) is 19.0 Å². The molecule has 2 aliphatic heterocycles. The van der Waals surface area contributed by atoms with Gasteiger partial charge in [0.2, 0.25) is 5.91 Å². The SMILES string of the molecule is O=C(NC1(C(=O)O)CCOC1)C1CCCCS1. The van der Waals surface area contributed by atoms with E-state index in [0.29, 0.717) is 13.0 Å². The molecule has 0 saturated carbocycles. The largest absolute Gasteiger partial charge is 0.479 e. The summed E-state index contributed by atoms with van der Waals surface area (Å²) in [6.45, 7) is 0.468. The van der Waals surface area contributed by atoms with E-state index in [0.717, 1.165) is 25.0 Å². The third-order valence-electron chi connectivity index (χ3n) is 3.27. The first-order valence-corrected chi connectivity index (χ1v) is 6.94. The van der Waals surface area contributed by atoms with Crippen LogP contribution in [-0.2, 0) is 14.3 Å². The molecule has 2 saturated heterocycles. The van der Waals surface area contributed by atoms with Crippen molar-refractivity contribution in [1.29, 1.82) is 0 Å². The second-order valence-electron chi connectivity index (χ2n) is 4.53. The normalized spacial score (nSPS) is 33.3. The van der Waals surface area contributed by atoms with Crippen LogP contribution in [0.15, 0.2) is 0 Å². The van der Waals surface area contributed by atoms with Crippen molar-refractivity contribution in [3.05, 3.63) is 0 Å². The molecule has 0 aliphatic carbocycles. The molecule has 0 aromatic rings. The van der Waals surface area contributed by atoms with Gasteiger partial charge in [0.1, 0.15) is 0 Å². The number of amides is 1. The van der Waals surface area contributed by atoms with Gasteiger partial charge >= 0.3 is 5.97 Å². The highest BCUT2D eigenvalue weighted by atomic mass is 32.2. The molecule has 2 fully saturated rings. The van der Waals surface area contributed by atoms with Crippen LogP contribution in [0.25, 0.3) is 0 Å². The topological polar surface area (TPSA) is 75.6 Å². The van der Waals surface area contributed by atoms with Gasteiger partial charge in [0.15, 0.2) is 5.54 Å². The van der Waals surface area contributed by atoms with E-state index in [4.69, 9.17) is 4.74 Å². The number of carboxylic acids is 1. The average molecular weight is 259 g/mol. The lowest BCUT2D eigenvalue weighted by Gasteiger charge is -2.28. The molecule has 2 N–H and O–H groups in total. The number of thioether (sulfide) groups is 1. The van der Waals surface area contributed by atoms with Crippen LogP contribution >= 0.6 is 11.8 Å². The third-order valence-corrected chi connectivity index (χ3v) is 4.64. The van der Waals surface area contributed by atoms with E-state index in [-0.39, 0.29) is 17.8 Å². The first kappa shape index (κ1) is 12.7. The molecule has 0 aromatic carbocycles. The molecule has 2 rings (SSSR count). The summed E-state index contributed by atoms with van der Waals surface area (Å²) in [6, 6.07) is 0. The Morgan fingerprint density at radius 1 is 1.41 bits per heavy atom. The van der Waals surface area contributed by atoms with Gasteiger partial charge in [-0.1, -0.05) is 6.42 Å². The van der Waals surface area contributed by atoms with Crippen LogP contribution in [0.4, 0.5) is 0 Å². The van der Waals surface area contributed by atoms with Crippen LogP contribution in [0.3, 0.4) is 0 Å². The van der Waals surface area contributed by atoms with Crippen LogP contribution in [0.2, 0.25) is 0 Å². The van der Waals surface area contributed by atoms with Gasteiger partial charge in [0, 0.05) is 13.0 Å². The van der Waals surface area contributed by atoms with Crippen molar-refractivity contribution in [2.45, 2.75) is 36.5 Å². The molecule has 0 bridgehead atoms. The van der Waals surface area contributed by atoms with Gasteiger partial charge in [-0.3, -0.25) is 4.79 Å². The second-order valence-corrected chi connectivity index (χ2v) is 5.84. The standard InChI is InChI=1S/C11H17NO4S/c13-9(8-3-1-2-6-17-8)12-11(10(14)15)4-5-16-7-11/h8H,1-7H2,(H,12,13)(H,14,15). The van der Waals surface area contributed by atoms with Crippen molar-refractivity contribution >= 4 is 23.6 Å². The molecule has 2 heterocycles. The lowest BCUT2D eigenvalue weighted by atomic mass is 9.98. The van der Waals surface area contributed by atoms with Crippen molar-refractivity contribution < 1.29 is 19.4 Å². The molecule has 2 atom stereocenters. The number of rotatable bonds is 3. The maximum absolute atomic E-state index is 12.0. The number of aliphatic carboxylic acids is 1. The van der Waals surface area contributed by atoms with E-state index in [2.05, 4.69) is 5.32 Å². The minimum absolute atomic E-state index is 0.0749. The molecule has 17 heavy (non-hydrogen) atoms. The molecular formula is C11H17NO4S. The molecule has 5 nitrogen and oxygen atoms in total. The molecule has 1 amide bonds. The second kappa shape index (κ2) is 5.27. The lowest BCUT2D eigenvalue weighted by molar-refractivity contribution is -0.147. The number of hydrogen-bond donors (Lipinski definition) is 2. The zero-order valence-electron chi connectivity index (χ0n) is 9.61. The predicted octanol–water partition coefficient (Wildman–Crippen LogP) is 0.632. The smallest absolute Gasteiger partial charge is 0.331 e. The Morgan fingerprint density at radius 2 is 2.24 bits per heavy atom. The molecule has 2 unspecified atom stereocenters. The van der Waals surface area contributed by atoms with Gasteiger partial charge in [-0.15, -0.1) is 11.8 Å². The van der Waals surface area contributed by atoms with Crippen molar-refractivity contribution in [1.82, 2.24) is 5.32 Å². The molecule has 2 aliphatic rings. The molecule has 6 heteroatoms. The highest BCUT2D eigenvalue weighted by Crippen LogP contribution is 2.27. The summed E-state index contributed by atoms with van der Waals surface area (Å²) >= 11 is 1.62. The van der Waals surface area contributed by atoms with Crippen molar-refractivity contribution in [3.63, 3.8) is 0 Å². The van der Waals surface area contributed by atoms with Gasteiger partial charge in [0.25, 0.3) is 0 Å². The first-order chi connectivity index (χ1) is 8.14. The van der Waals surface area contributed by atoms with E-state index < -0.39 is 11.5 Å². The molecule has 0 radical (unpaired) electrons. The quantitative estimate of drug-likeness (QED) is 0.777. The highest BCUT2D eigenvalue weighted by molar-refractivity contribution is 8.00. The molecular weight excluding hydrogens is 242 g/mol. The summed E-state index contributed by atoms with van der Waals surface area (Å²) in [6.07, 6.45) is 3.38. The maximum atomic E-state index is 12.0. The van der Waals surface area contributed by atoms with Gasteiger partial charge in [-0.05, 0) is 18.6 Å². The Labute approximate surface area is 104 Å². The highest BCUT2D eigenvalue weighted by Gasteiger charge is 2.44. The van der Waals surface area contributed by atoms with Gasteiger partial charge in [-0.25, -0.2) is 4.79 Å². The number of hydrogen-bond acceptors (Lipinski definition) is 4. The summed E-state index contributed by atoms with van der Waals surface area (Å²) in [5, 5.41) is 11.8. The van der Waals surface area contributed by atoms with E-state index in [1.807, 2.05) is 0 Å². The Bertz CT molecular complexity index is 309. The number of ether oxygens (including phenoxy) is 1. The van der Waals surface area contributed by atoms with Crippen molar-refractivity contribution in [3.8, 4) is 0 Å². The first-order valence-electron chi connectivity index (χ1n) is 5.89. The third kappa shape index (κ3) is 2.74. The maximum Gasteiger partial charge on any atom is 0.331 e. The van der Waals surface area contributed by atoms with Crippen LogP contribution in [-0.4, -0.2) is 46.7 Å². The zero-order valence-corrected chi connectivity index (χ0v) is 10.4. The monoisotopic (exact) mass is 259 g/mol. The lowest BCUT2D eigenvalue weighted by Crippen LogP contribution is -2.57. The van der Waals surface area contributed by atoms with Crippen molar-refractivity contribution in [2.24, 2.45) is 0 Å². The number of carbonyl (C=O) groups excluding carboxylic acids is 1. The van der Waals surface area contributed by atoms with Crippen LogP contribution in [0, 0.1) is 0 Å². The number of carboxylic acid groups (broad SMARTS) is 1. The summed E-state index contributed by atoms with van der Waals surface area (Å²) < 4.78 is 5.11. The fraction of sp³-hybridized carbons (Fsp3) is 0.818. The Kier molecular flexibility index (Phi) is 3.93. The van der Waals surface area contributed by atoms with E-state index in [9.17, 15) is 14.7 Å². The van der Waals surface area contributed by atoms with E-state index in [1.54, 1.807) is 11.8 Å². The number of carbonyl (C=O) groups is 2. The molecule has 0 spiro atoms. The zero-order chi connectivity index (χ0) is 12.3. The van der Waals surface area contributed by atoms with E-state index >= 15 is 0 Å². The van der Waals surface area contributed by atoms with Crippen LogP contribution < -0.4 is 5.32 Å². The minimum atomic E-state index is -1.20. The summed E-state index contributed by atoms with van der Waals surface area (Å²) in [5.41, 5.74) is -1.20. The minimum Gasteiger partial charge on any atom is -0.479 e. The number of nitrogens with one attached hydrogen (secondary N) is 1. The summed E-state index contributed by atoms with van der Waals surface area (Å²) in [7, 11) is 0. The summed E-state index contributed by atoms with van der Waals surface area (Å²) in [4.78, 5) is 23.3. The average Bonchev–Trinajstić information content (AvgIpc) is 2.80. The molecule has 0 aromatic heterocycles. The Balaban J connectivity index is 1.98. The Morgan fingerprint density at radius 3 is 2.76 bits per heavy atom. The van der Waals surface area contributed by atoms with E-state index in [1.165, 1.54) is 0 Å². The van der Waals surface area contributed by atoms with Gasteiger partial charge in [0.05, 0.1) is 11.9 Å². The summed E-state index contributed by atoms with van der Waals surface area (Å²) in [5.74, 6) is -0.166. The van der Waals surface area contributed by atoms with Crippen LogP contribution in [0.5, 0.6) is 0 Å². The van der Waals surface area contributed by atoms with Gasteiger partial charge in [-0.2, -0.15) is 0 Å². The van der Waals surface area contributed by atoms with Crippen LogP contribution in [0.1, 0.15) is 25.7 Å². The molecule has 96 valence electrons. The Hall–Kier alpha value is -0.750. The predicted molar refractivity (Wildman–Crippen MR) is 64.0 cm³/mol. The fourth-order valence-electron chi connectivity index (χ4n) is 2.15. The fourth-order valence-corrected chi connectivity index (χ4v) is 3.35. The van der Waals surface area contributed by atoms with Gasteiger partial charge < -0.3 is 15.2 Å².